The van der Waals surface area contributed by atoms with Crippen LogP contribution in [0.3, 0.4) is 0 Å². The van der Waals surface area contributed by atoms with Gasteiger partial charge in [-0.3, -0.25) is 0 Å². The van der Waals surface area contributed by atoms with E-state index in [0.717, 1.165) is 22.7 Å². The van der Waals surface area contributed by atoms with Gasteiger partial charge >= 0.3 is 0 Å². The summed E-state index contributed by atoms with van der Waals surface area (Å²) in [6.45, 7) is 2.23. The highest BCUT2D eigenvalue weighted by atomic mass is 15.1. The van der Waals surface area contributed by atoms with Gasteiger partial charge in [0.05, 0.1) is 11.0 Å². The standard InChI is InChI=1S/C35H26N2/c1-25-24-26-12-8-9-17-31(26)35-34(25)32-18-10-11-19-33(32)37(35)30-22-20-29(21-23-30)36(27-13-4-2-5-14-27)28-15-6-3-7-16-28/h2-24H,1H3. The molecular formula is C35H26N2. The Balaban J connectivity index is 1.46. The van der Waals surface area contributed by atoms with Crippen molar-refractivity contribution in [3.05, 3.63) is 145 Å². The first-order valence-electron chi connectivity index (χ1n) is 12.7. The summed E-state index contributed by atoms with van der Waals surface area (Å²) in [5.41, 5.74) is 8.37. The number of rotatable bonds is 4. The lowest BCUT2D eigenvalue weighted by molar-refractivity contribution is 1.18. The third-order valence-corrected chi connectivity index (χ3v) is 7.25. The minimum atomic E-state index is 1.13. The van der Waals surface area contributed by atoms with Crippen LogP contribution >= 0.6 is 0 Å². The minimum Gasteiger partial charge on any atom is -0.311 e. The van der Waals surface area contributed by atoms with Gasteiger partial charge in [-0.25, -0.2) is 0 Å². The molecule has 176 valence electrons. The Morgan fingerprint density at radius 3 is 1.73 bits per heavy atom. The Morgan fingerprint density at radius 1 is 0.514 bits per heavy atom. The maximum atomic E-state index is 2.43. The monoisotopic (exact) mass is 474 g/mol. The molecule has 1 heterocycles. The Kier molecular flexibility index (Phi) is 5.04. The van der Waals surface area contributed by atoms with Crippen molar-refractivity contribution >= 4 is 49.6 Å². The minimum absolute atomic E-state index is 1.13. The average Bonchev–Trinajstić information content (AvgIpc) is 3.31. The summed E-state index contributed by atoms with van der Waals surface area (Å²) in [7, 11) is 0. The van der Waals surface area contributed by atoms with E-state index in [0.29, 0.717) is 0 Å². The lowest BCUT2D eigenvalue weighted by atomic mass is 10.0. The lowest BCUT2D eigenvalue weighted by Crippen LogP contribution is -2.09. The second-order valence-corrected chi connectivity index (χ2v) is 9.51. The largest absolute Gasteiger partial charge is 0.311 e. The van der Waals surface area contributed by atoms with Gasteiger partial charge in [-0.1, -0.05) is 84.9 Å². The number of fused-ring (bicyclic) bond motifs is 5. The normalized spacial score (nSPS) is 11.4. The number of hydrogen-bond acceptors (Lipinski definition) is 1. The molecule has 0 aliphatic carbocycles. The van der Waals surface area contributed by atoms with E-state index >= 15 is 0 Å². The number of aryl methyl sites for hydroxylation is 1. The Labute approximate surface area is 216 Å². The number of para-hydroxylation sites is 3. The van der Waals surface area contributed by atoms with Gasteiger partial charge < -0.3 is 9.47 Å². The van der Waals surface area contributed by atoms with E-state index in [1.807, 2.05) is 0 Å². The van der Waals surface area contributed by atoms with Crippen LogP contribution in [0.4, 0.5) is 17.1 Å². The van der Waals surface area contributed by atoms with Crippen molar-refractivity contribution in [1.82, 2.24) is 4.57 Å². The Bertz CT molecular complexity index is 1830. The van der Waals surface area contributed by atoms with E-state index in [1.165, 1.54) is 38.1 Å². The molecule has 2 heteroatoms. The van der Waals surface area contributed by atoms with Gasteiger partial charge in [-0.2, -0.15) is 0 Å². The molecule has 0 spiro atoms. The molecule has 1 aromatic heterocycles. The van der Waals surface area contributed by atoms with E-state index < -0.39 is 0 Å². The van der Waals surface area contributed by atoms with Gasteiger partial charge in [0, 0.05) is 38.9 Å². The van der Waals surface area contributed by atoms with Gasteiger partial charge in [-0.15, -0.1) is 0 Å². The van der Waals surface area contributed by atoms with Crippen molar-refractivity contribution < 1.29 is 0 Å². The summed E-state index contributed by atoms with van der Waals surface area (Å²) >= 11 is 0. The smallest absolute Gasteiger partial charge is 0.0622 e. The fourth-order valence-electron chi connectivity index (χ4n) is 5.66. The molecule has 0 fully saturated rings. The van der Waals surface area contributed by atoms with Crippen LogP contribution in [-0.2, 0) is 0 Å². The molecule has 0 saturated heterocycles. The van der Waals surface area contributed by atoms with Gasteiger partial charge in [0.15, 0.2) is 0 Å². The molecule has 2 nitrogen and oxygen atoms in total. The zero-order valence-electron chi connectivity index (χ0n) is 20.7. The lowest BCUT2D eigenvalue weighted by Gasteiger charge is -2.25. The van der Waals surface area contributed by atoms with Crippen LogP contribution in [0.1, 0.15) is 5.56 Å². The first kappa shape index (κ1) is 21.5. The molecule has 0 aliphatic rings. The Morgan fingerprint density at radius 2 is 1.05 bits per heavy atom. The molecular weight excluding hydrogens is 448 g/mol. The molecule has 7 aromatic rings. The zero-order valence-corrected chi connectivity index (χ0v) is 20.7. The summed E-state index contributed by atoms with van der Waals surface area (Å²) in [5, 5.41) is 5.17. The maximum absolute atomic E-state index is 2.43. The first-order chi connectivity index (χ1) is 18.3. The third kappa shape index (κ3) is 3.49. The molecule has 0 unspecified atom stereocenters. The molecule has 0 radical (unpaired) electrons. The van der Waals surface area contributed by atoms with Crippen molar-refractivity contribution in [3.63, 3.8) is 0 Å². The molecule has 37 heavy (non-hydrogen) atoms. The number of benzene rings is 6. The SMILES string of the molecule is Cc1cc2ccccc2c2c1c1ccccc1n2-c1ccc(N(c2ccccc2)c2ccccc2)cc1. The summed E-state index contributed by atoms with van der Waals surface area (Å²) in [5.74, 6) is 0. The molecule has 7 rings (SSSR count). The van der Waals surface area contributed by atoms with Crippen LogP contribution in [0.15, 0.2) is 140 Å². The van der Waals surface area contributed by atoms with E-state index in [2.05, 4.69) is 156 Å². The highest BCUT2D eigenvalue weighted by Gasteiger charge is 2.17. The number of aromatic nitrogens is 1. The zero-order chi connectivity index (χ0) is 24.8. The number of nitrogens with zero attached hydrogens (tertiary/aromatic N) is 2. The predicted molar refractivity (Wildman–Crippen MR) is 158 cm³/mol. The van der Waals surface area contributed by atoms with Crippen molar-refractivity contribution in [2.45, 2.75) is 6.92 Å². The molecule has 0 saturated carbocycles. The molecule has 0 N–H and O–H groups in total. The van der Waals surface area contributed by atoms with Gasteiger partial charge in [0.2, 0.25) is 0 Å². The molecule has 0 bridgehead atoms. The van der Waals surface area contributed by atoms with E-state index in [9.17, 15) is 0 Å². The highest BCUT2D eigenvalue weighted by molar-refractivity contribution is 6.20. The van der Waals surface area contributed by atoms with Crippen molar-refractivity contribution in [2.75, 3.05) is 4.90 Å². The van der Waals surface area contributed by atoms with Crippen LogP contribution in [-0.4, -0.2) is 4.57 Å². The number of anilines is 3. The molecule has 6 aromatic carbocycles. The molecule has 0 atom stereocenters. The van der Waals surface area contributed by atoms with Crippen molar-refractivity contribution in [2.24, 2.45) is 0 Å². The summed E-state index contributed by atoms with van der Waals surface area (Å²) < 4.78 is 2.43. The van der Waals surface area contributed by atoms with E-state index in [4.69, 9.17) is 0 Å². The quantitative estimate of drug-likeness (QED) is 0.246. The van der Waals surface area contributed by atoms with Crippen molar-refractivity contribution in [1.29, 1.82) is 0 Å². The fourth-order valence-corrected chi connectivity index (χ4v) is 5.66. The van der Waals surface area contributed by atoms with Gasteiger partial charge in [-0.05, 0) is 72.5 Å². The fraction of sp³-hybridized carbons (Fsp3) is 0.0286. The topological polar surface area (TPSA) is 8.17 Å². The van der Waals surface area contributed by atoms with E-state index in [-0.39, 0.29) is 0 Å². The van der Waals surface area contributed by atoms with Crippen LogP contribution in [0.5, 0.6) is 0 Å². The molecule has 0 aliphatic heterocycles. The first-order valence-corrected chi connectivity index (χ1v) is 12.7. The van der Waals surface area contributed by atoms with Crippen LogP contribution < -0.4 is 4.90 Å². The number of hydrogen-bond donors (Lipinski definition) is 0. The second-order valence-electron chi connectivity index (χ2n) is 9.51. The van der Waals surface area contributed by atoms with Crippen LogP contribution in [0, 0.1) is 6.92 Å². The molecule has 0 amide bonds. The second kappa shape index (κ2) is 8.69. The maximum Gasteiger partial charge on any atom is 0.0622 e. The Hall–Kier alpha value is -4.82. The summed E-state index contributed by atoms with van der Waals surface area (Å²) in [6.07, 6.45) is 0. The van der Waals surface area contributed by atoms with E-state index in [1.54, 1.807) is 0 Å². The summed E-state index contributed by atoms with van der Waals surface area (Å²) in [4.78, 5) is 2.30. The van der Waals surface area contributed by atoms with Crippen molar-refractivity contribution in [3.8, 4) is 5.69 Å². The van der Waals surface area contributed by atoms with Crippen LogP contribution in [0.2, 0.25) is 0 Å². The highest BCUT2D eigenvalue weighted by Crippen LogP contribution is 2.40. The average molecular weight is 475 g/mol. The van der Waals surface area contributed by atoms with Gasteiger partial charge in [0.1, 0.15) is 0 Å². The summed E-state index contributed by atoms with van der Waals surface area (Å²) in [6, 6.07) is 49.8. The van der Waals surface area contributed by atoms with Gasteiger partial charge in [0.25, 0.3) is 0 Å². The third-order valence-electron chi connectivity index (χ3n) is 7.25. The predicted octanol–water partition coefficient (Wildman–Crippen LogP) is 9.72. The van der Waals surface area contributed by atoms with Crippen LogP contribution in [0.25, 0.3) is 38.3 Å².